The van der Waals surface area contributed by atoms with E-state index in [1.54, 1.807) is 11.2 Å². The molecule has 2 aromatic carbocycles. The largest absolute Gasteiger partial charge is 0.467 e. The van der Waals surface area contributed by atoms with Crippen LogP contribution < -0.4 is 4.90 Å². The maximum Gasteiger partial charge on any atom is 0.266 e. The monoisotopic (exact) mass is 539 g/mol. The van der Waals surface area contributed by atoms with Gasteiger partial charge in [-0.25, -0.2) is 4.98 Å². The van der Waals surface area contributed by atoms with Crippen molar-refractivity contribution >= 4 is 57.0 Å². The van der Waals surface area contributed by atoms with Crippen molar-refractivity contribution in [3.05, 3.63) is 100 Å². The van der Waals surface area contributed by atoms with Crippen molar-refractivity contribution in [1.82, 2.24) is 9.88 Å². The van der Waals surface area contributed by atoms with E-state index in [9.17, 15) is 4.79 Å². The topological polar surface area (TPSA) is 49.6 Å². The summed E-state index contributed by atoms with van der Waals surface area (Å²) in [5.74, 6) is 2.23. The first kappa shape index (κ1) is 24.9. The van der Waals surface area contributed by atoms with Gasteiger partial charge < -0.3 is 9.32 Å². The summed E-state index contributed by atoms with van der Waals surface area (Å²) in [5.41, 5.74) is 4.53. The predicted molar refractivity (Wildman–Crippen MR) is 159 cm³/mol. The van der Waals surface area contributed by atoms with E-state index in [1.807, 2.05) is 18.2 Å². The van der Waals surface area contributed by atoms with Crippen LogP contribution in [0.25, 0.3) is 17.0 Å². The molecule has 2 aliphatic rings. The van der Waals surface area contributed by atoms with E-state index in [0.717, 1.165) is 60.2 Å². The fraction of sp³-hybridized carbons (Fsp3) is 0.258. The van der Waals surface area contributed by atoms with Crippen LogP contribution in [0.4, 0.5) is 5.82 Å². The van der Waals surface area contributed by atoms with Gasteiger partial charge in [0.2, 0.25) is 0 Å². The Morgan fingerprint density at radius 3 is 2.66 bits per heavy atom. The number of pyridine rings is 1. The molecule has 0 bridgehead atoms. The smallest absolute Gasteiger partial charge is 0.266 e. The average molecular weight is 540 g/mol. The fourth-order valence-corrected chi connectivity index (χ4v) is 6.59. The lowest BCUT2D eigenvalue weighted by atomic mass is 9.90. The number of amides is 1. The van der Waals surface area contributed by atoms with Crippen LogP contribution in [0.15, 0.2) is 82.3 Å². The molecular formula is C31H29N3O2S2. The first-order valence-corrected chi connectivity index (χ1v) is 14.2. The summed E-state index contributed by atoms with van der Waals surface area (Å²) >= 11 is 6.91. The van der Waals surface area contributed by atoms with Gasteiger partial charge in [-0.2, -0.15) is 0 Å². The highest BCUT2D eigenvalue weighted by Gasteiger charge is 2.33. The molecule has 192 valence electrons. The number of aryl methyl sites for hydroxylation is 1. The number of hydrogen-bond donors (Lipinski definition) is 0. The Kier molecular flexibility index (Phi) is 7.04. The number of thioether (sulfide) groups is 1. The highest BCUT2D eigenvalue weighted by atomic mass is 32.2. The third-order valence-electron chi connectivity index (χ3n) is 7.39. The van der Waals surface area contributed by atoms with Gasteiger partial charge in [-0.05, 0) is 67.5 Å². The molecule has 0 N–H and O–H groups in total. The fourth-order valence-electron chi connectivity index (χ4n) is 5.35. The molecule has 0 unspecified atom stereocenters. The number of carbonyl (C=O) groups is 1. The van der Waals surface area contributed by atoms with E-state index in [-0.39, 0.29) is 5.91 Å². The van der Waals surface area contributed by atoms with Crippen molar-refractivity contribution in [2.45, 2.75) is 32.7 Å². The highest BCUT2D eigenvalue weighted by Crippen LogP contribution is 2.37. The van der Waals surface area contributed by atoms with Crippen molar-refractivity contribution < 1.29 is 9.21 Å². The summed E-state index contributed by atoms with van der Waals surface area (Å²) in [7, 11) is 0. The zero-order valence-electron chi connectivity index (χ0n) is 21.3. The van der Waals surface area contributed by atoms with Gasteiger partial charge in [0.25, 0.3) is 5.91 Å². The summed E-state index contributed by atoms with van der Waals surface area (Å²) < 4.78 is 6.00. The number of benzene rings is 2. The molecule has 0 aliphatic carbocycles. The van der Waals surface area contributed by atoms with Crippen molar-refractivity contribution in [2.75, 3.05) is 18.0 Å². The van der Waals surface area contributed by atoms with Gasteiger partial charge in [-0.1, -0.05) is 72.5 Å². The Balaban J connectivity index is 1.29. The normalized spacial score (nSPS) is 17.8. The Morgan fingerprint density at radius 1 is 1.08 bits per heavy atom. The van der Waals surface area contributed by atoms with Crippen molar-refractivity contribution in [2.24, 2.45) is 5.92 Å². The number of fused-ring (bicyclic) bond motifs is 1. The highest BCUT2D eigenvalue weighted by molar-refractivity contribution is 8.26. The first-order valence-electron chi connectivity index (χ1n) is 13.0. The van der Waals surface area contributed by atoms with Crippen LogP contribution in [-0.4, -0.2) is 33.2 Å². The van der Waals surface area contributed by atoms with Gasteiger partial charge in [0.1, 0.15) is 15.9 Å². The summed E-state index contributed by atoms with van der Waals surface area (Å²) in [4.78, 5) is 23.1. The maximum absolute atomic E-state index is 13.3. The molecule has 5 nitrogen and oxygen atoms in total. The van der Waals surface area contributed by atoms with Crippen LogP contribution >= 0.6 is 24.0 Å². The molecule has 4 aromatic rings. The molecule has 0 radical (unpaired) electrons. The lowest BCUT2D eigenvalue weighted by Crippen LogP contribution is -2.35. The number of para-hydroxylation sites is 1. The minimum atomic E-state index is -0.0896. The third-order valence-corrected chi connectivity index (χ3v) is 8.77. The van der Waals surface area contributed by atoms with E-state index < -0.39 is 0 Å². The van der Waals surface area contributed by atoms with Gasteiger partial charge in [0.05, 0.1) is 23.2 Å². The molecular weight excluding hydrogens is 510 g/mol. The summed E-state index contributed by atoms with van der Waals surface area (Å²) in [6.07, 6.45) is 6.94. The van der Waals surface area contributed by atoms with Gasteiger partial charge in [-0.3, -0.25) is 9.69 Å². The van der Waals surface area contributed by atoms with Crippen molar-refractivity contribution in [3.63, 3.8) is 0 Å². The van der Waals surface area contributed by atoms with Crippen LogP contribution in [0.1, 0.15) is 35.3 Å². The van der Waals surface area contributed by atoms with Crippen LogP contribution in [0.5, 0.6) is 0 Å². The molecule has 38 heavy (non-hydrogen) atoms. The molecule has 2 saturated heterocycles. The molecule has 0 atom stereocenters. The van der Waals surface area contributed by atoms with Gasteiger partial charge >= 0.3 is 0 Å². The molecule has 0 spiro atoms. The van der Waals surface area contributed by atoms with Crippen LogP contribution in [0.2, 0.25) is 0 Å². The zero-order chi connectivity index (χ0) is 26.1. The standard InChI is InChI=1S/C31H29N3O2S2/c1-21-7-5-10-24-18-25(19-27-30(35)34(31(37)38-27)20-26-11-6-16-36-26)29(32-28(21)24)33-14-12-23(13-15-33)17-22-8-3-2-4-9-22/h2-11,16,18-19,23H,12-15,17,20H2,1H3/b27-19-. The number of furan rings is 1. The quantitative estimate of drug-likeness (QED) is 0.194. The SMILES string of the molecule is Cc1cccc2cc(/C=C3\SC(=S)N(Cc4ccco4)C3=O)c(N3CCC(Cc4ccccc4)CC3)nc12. The molecule has 6 rings (SSSR count). The van der Waals surface area contributed by atoms with Crippen molar-refractivity contribution in [1.29, 1.82) is 0 Å². The Bertz CT molecular complexity index is 1510. The predicted octanol–water partition coefficient (Wildman–Crippen LogP) is 7.00. The number of anilines is 1. The summed E-state index contributed by atoms with van der Waals surface area (Å²) in [6.45, 7) is 4.33. The van der Waals surface area contributed by atoms with E-state index in [4.69, 9.17) is 21.6 Å². The van der Waals surface area contributed by atoms with Crippen LogP contribution in [0.3, 0.4) is 0 Å². The Morgan fingerprint density at radius 2 is 1.89 bits per heavy atom. The number of carbonyl (C=O) groups excluding carboxylic acids is 1. The van der Waals surface area contributed by atoms with E-state index in [2.05, 4.69) is 66.4 Å². The molecule has 7 heteroatoms. The minimum absolute atomic E-state index is 0.0896. The number of aromatic nitrogens is 1. The molecule has 2 aromatic heterocycles. The number of rotatable bonds is 6. The molecule has 0 saturated carbocycles. The Hall–Kier alpha value is -3.42. The lowest BCUT2D eigenvalue weighted by molar-refractivity contribution is -0.122. The summed E-state index contributed by atoms with van der Waals surface area (Å²) in [6, 6.07) is 22.9. The van der Waals surface area contributed by atoms with Gasteiger partial charge in [-0.15, -0.1) is 0 Å². The second kappa shape index (κ2) is 10.8. The summed E-state index contributed by atoms with van der Waals surface area (Å²) in [5, 5.41) is 1.07. The van der Waals surface area contributed by atoms with Crippen LogP contribution in [0, 0.1) is 12.8 Å². The van der Waals surface area contributed by atoms with E-state index in [0.29, 0.717) is 27.4 Å². The number of nitrogens with zero attached hydrogens (tertiary/aromatic N) is 3. The molecule has 4 heterocycles. The van der Waals surface area contributed by atoms with Crippen LogP contribution in [-0.2, 0) is 17.8 Å². The zero-order valence-corrected chi connectivity index (χ0v) is 22.9. The molecule has 2 aliphatic heterocycles. The van der Waals surface area contributed by atoms with Crippen molar-refractivity contribution in [3.8, 4) is 0 Å². The lowest BCUT2D eigenvalue weighted by Gasteiger charge is -2.34. The Labute approximate surface area is 232 Å². The number of hydrogen-bond acceptors (Lipinski definition) is 6. The van der Waals surface area contributed by atoms with E-state index in [1.165, 1.54) is 17.3 Å². The minimum Gasteiger partial charge on any atom is -0.467 e. The van der Waals surface area contributed by atoms with Gasteiger partial charge in [0.15, 0.2) is 0 Å². The molecule has 2 fully saturated rings. The second-order valence-corrected chi connectivity index (χ2v) is 11.7. The maximum atomic E-state index is 13.3. The van der Waals surface area contributed by atoms with Gasteiger partial charge in [0, 0.05) is 24.0 Å². The number of thiocarbonyl (C=S) groups is 1. The molecule has 1 amide bonds. The second-order valence-electron chi connectivity index (χ2n) is 10.0. The first-order chi connectivity index (χ1) is 18.5. The third kappa shape index (κ3) is 5.13. The van der Waals surface area contributed by atoms with E-state index >= 15 is 0 Å². The average Bonchev–Trinajstić information content (AvgIpc) is 3.54. The number of piperidine rings is 1.